The molecule has 1 aliphatic rings. The average molecular weight is 584 g/mol. The number of alkyl halides is 2. The zero-order valence-corrected chi connectivity index (χ0v) is 24.3. The third-order valence-corrected chi connectivity index (χ3v) is 7.36. The first-order valence-corrected chi connectivity index (χ1v) is 14.2. The molecule has 1 aromatic carbocycles. The number of nitrogens with one attached hydrogen (secondary N) is 1. The second-order valence-corrected chi connectivity index (χ2v) is 11.4. The van der Waals surface area contributed by atoms with Crippen LogP contribution in [0.2, 0.25) is 0 Å². The number of benzene rings is 1. The van der Waals surface area contributed by atoms with Gasteiger partial charge in [-0.2, -0.15) is 4.98 Å². The van der Waals surface area contributed by atoms with Crippen LogP contribution in [0.1, 0.15) is 65.3 Å². The molecule has 0 atom stereocenters. The van der Waals surface area contributed by atoms with Gasteiger partial charge in [0.25, 0.3) is 5.56 Å². The summed E-state index contributed by atoms with van der Waals surface area (Å²) in [6, 6.07) is 2.46. The molecule has 0 spiro atoms. The van der Waals surface area contributed by atoms with Gasteiger partial charge in [-0.05, 0) is 59.8 Å². The van der Waals surface area contributed by atoms with Crippen LogP contribution in [-0.4, -0.2) is 56.2 Å². The standard InChI is InChI=1S/C19H20F4N6OS.C8H17N/c1-9(2)29-16-13(8-25-18(24)27-16)26-14(17(29)30)10-6-11(20)15(12(21)7-10)28-31-5-4-19(3,22)23;1-9(2)8-6-4-3-5-7-8/h6-9,28H,4-5H2,1-3H3,(H2,24,25,27);8H,3-7H2,1-2H3. The van der Waals surface area contributed by atoms with Gasteiger partial charge >= 0.3 is 0 Å². The molecule has 0 bridgehead atoms. The first-order valence-electron chi connectivity index (χ1n) is 13.2. The molecular formula is C27H37F4N7OS. The predicted molar refractivity (Wildman–Crippen MR) is 154 cm³/mol. The summed E-state index contributed by atoms with van der Waals surface area (Å²) >= 11 is 0.756. The van der Waals surface area contributed by atoms with E-state index in [1.807, 2.05) is 0 Å². The van der Waals surface area contributed by atoms with E-state index in [0.29, 0.717) is 0 Å². The van der Waals surface area contributed by atoms with Crippen molar-refractivity contribution in [2.24, 2.45) is 0 Å². The zero-order valence-electron chi connectivity index (χ0n) is 23.5. The van der Waals surface area contributed by atoms with Crippen molar-refractivity contribution in [1.82, 2.24) is 24.4 Å². The highest BCUT2D eigenvalue weighted by Crippen LogP contribution is 2.29. The molecule has 13 heteroatoms. The molecule has 4 rings (SSSR count). The van der Waals surface area contributed by atoms with Gasteiger partial charge in [-0.25, -0.2) is 27.5 Å². The topological polar surface area (TPSA) is 102 Å². The van der Waals surface area contributed by atoms with Gasteiger partial charge in [0.1, 0.15) is 16.9 Å². The third-order valence-electron chi connectivity index (χ3n) is 6.60. The van der Waals surface area contributed by atoms with Gasteiger partial charge in [0.2, 0.25) is 11.9 Å². The molecule has 0 amide bonds. The number of nitrogens with two attached hydrogens (primary N) is 1. The first kappa shape index (κ1) is 31.6. The SMILES string of the molecule is CC(C)n1c(=O)c(-c2cc(F)c(NSCCC(C)(F)F)c(F)c2)nc2cnc(N)nc21.CN(C)C1CCCCC1. The Hall–Kier alpha value is -2.93. The van der Waals surface area contributed by atoms with E-state index in [-0.39, 0.29) is 40.2 Å². The lowest BCUT2D eigenvalue weighted by atomic mass is 9.95. The number of nitrogens with zero attached hydrogens (tertiary/aromatic N) is 5. The highest BCUT2D eigenvalue weighted by molar-refractivity contribution is 8.00. The maximum absolute atomic E-state index is 14.6. The van der Waals surface area contributed by atoms with E-state index in [9.17, 15) is 22.4 Å². The highest BCUT2D eigenvalue weighted by Gasteiger charge is 2.22. The molecule has 0 radical (unpaired) electrons. The summed E-state index contributed by atoms with van der Waals surface area (Å²) in [6.45, 7) is 4.26. The van der Waals surface area contributed by atoms with Crippen LogP contribution in [0, 0.1) is 11.6 Å². The number of hydrogen-bond acceptors (Lipinski definition) is 8. The summed E-state index contributed by atoms with van der Waals surface area (Å²) in [6.07, 6.45) is 8.08. The molecule has 1 aliphatic carbocycles. The van der Waals surface area contributed by atoms with Gasteiger partial charge in [0, 0.05) is 29.8 Å². The summed E-state index contributed by atoms with van der Waals surface area (Å²) in [4.78, 5) is 27.5. The summed E-state index contributed by atoms with van der Waals surface area (Å²) in [5, 5.41) is 0. The molecule has 40 heavy (non-hydrogen) atoms. The van der Waals surface area contributed by atoms with Gasteiger partial charge in [-0.1, -0.05) is 31.2 Å². The molecule has 220 valence electrons. The van der Waals surface area contributed by atoms with Crippen LogP contribution >= 0.6 is 11.9 Å². The van der Waals surface area contributed by atoms with Gasteiger partial charge in [0.05, 0.1) is 6.20 Å². The molecule has 0 unspecified atom stereocenters. The van der Waals surface area contributed by atoms with Crippen molar-refractivity contribution in [3.8, 4) is 11.3 Å². The van der Waals surface area contributed by atoms with Crippen molar-refractivity contribution in [2.45, 2.75) is 77.3 Å². The van der Waals surface area contributed by atoms with Crippen molar-refractivity contribution in [3.63, 3.8) is 0 Å². The molecule has 8 nitrogen and oxygen atoms in total. The molecule has 3 N–H and O–H groups in total. The number of anilines is 2. The van der Waals surface area contributed by atoms with E-state index in [1.165, 1.54) is 42.9 Å². The molecule has 3 aromatic rings. The minimum atomic E-state index is -2.87. The number of hydrogen-bond donors (Lipinski definition) is 2. The molecule has 2 aromatic heterocycles. The fraction of sp³-hybridized carbons (Fsp3) is 0.556. The minimum absolute atomic E-state index is 0.0401. The van der Waals surface area contributed by atoms with Crippen LogP contribution in [0.3, 0.4) is 0 Å². The van der Waals surface area contributed by atoms with Gasteiger partial charge in [-0.3, -0.25) is 9.36 Å². The lowest BCUT2D eigenvalue weighted by molar-refractivity contribution is 0.0194. The first-order chi connectivity index (χ1) is 18.8. The van der Waals surface area contributed by atoms with Crippen molar-refractivity contribution >= 4 is 34.7 Å². The average Bonchev–Trinajstić information content (AvgIpc) is 2.87. The van der Waals surface area contributed by atoms with Crippen LogP contribution in [0.4, 0.5) is 29.2 Å². The Balaban J connectivity index is 0.000000415. The molecule has 0 aliphatic heterocycles. The second kappa shape index (κ2) is 13.6. The van der Waals surface area contributed by atoms with Crippen molar-refractivity contribution in [2.75, 3.05) is 30.3 Å². The quantitative estimate of drug-likeness (QED) is 0.182. The van der Waals surface area contributed by atoms with E-state index >= 15 is 0 Å². The van der Waals surface area contributed by atoms with Gasteiger partial charge < -0.3 is 15.4 Å². The Morgan fingerprint density at radius 3 is 2.30 bits per heavy atom. The molecule has 0 saturated heterocycles. The number of halogens is 4. The van der Waals surface area contributed by atoms with Crippen LogP contribution in [0.15, 0.2) is 23.1 Å². The van der Waals surface area contributed by atoms with Crippen molar-refractivity contribution in [1.29, 1.82) is 0 Å². The molecular weight excluding hydrogens is 546 g/mol. The Morgan fingerprint density at radius 2 is 1.77 bits per heavy atom. The number of aromatic nitrogens is 4. The Morgan fingerprint density at radius 1 is 1.15 bits per heavy atom. The van der Waals surface area contributed by atoms with Gasteiger partial charge in [0.15, 0.2) is 17.3 Å². The lowest BCUT2D eigenvalue weighted by Crippen LogP contribution is -2.29. The van der Waals surface area contributed by atoms with E-state index in [1.54, 1.807) is 13.8 Å². The Kier molecular flexibility index (Phi) is 10.8. The number of fused-ring (bicyclic) bond motifs is 1. The van der Waals surface area contributed by atoms with E-state index in [2.05, 4.69) is 38.7 Å². The maximum Gasteiger partial charge on any atom is 0.278 e. The second-order valence-electron chi connectivity index (χ2n) is 10.5. The van der Waals surface area contributed by atoms with Crippen molar-refractivity contribution < 1.29 is 17.6 Å². The highest BCUT2D eigenvalue weighted by atomic mass is 32.2. The van der Waals surface area contributed by atoms with Crippen LogP contribution in [-0.2, 0) is 0 Å². The largest absolute Gasteiger partial charge is 0.368 e. The van der Waals surface area contributed by atoms with Crippen LogP contribution in [0.5, 0.6) is 0 Å². The maximum atomic E-state index is 14.6. The number of nitrogen functional groups attached to an aromatic ring is 1. The predicted octanol–water partition coefficient (Wildman–Crippen LogP) is 6.28. The summed E-state index contributed by atoms with van der Waals surface area (Å²) in [7, 11) is 4.38. The normalized spacial score (nSPS) is 14.5. The molecule has 2 heterocycles. The number of rotatable bonds is 8. The summed E-state index contributed by atoms with van der Waals surface area (Å²) < 4.78 is 58.6. The van der Waals surface area contributed by atoms with Crippen LogP contribution < -0.4 is 16.0 Å². The smallest absolute Gasteiger partial charge is 0.278 e. The minimum Gasteiger partial charge on any atom is -0.368 e. The van der Waals surface area contributed by atoms with E-state index in [4.69, 9.17) is 5.73 Å². The summed E-state index contributed by atoms with van der Waals surface area (Å²) in [5.41, 5.74) is 4.70. The summed E-state index contributed by atoms with van der Waals surface area (Å²) in [5.74, 6) is -4.95. The molecule has 1 fully saturated rings. The fourth-order valence-electron chi connectivity index (χ4n) is 4.44. The fourth-order valence-corrected chi connectivity index (χ4v) is 5.34. The van der Waals surface area contributed by atoms with E-state index < -0.39 is 35.2 Å². The van der Waals surface area contributed by atoms with Crippen molar-refractivity contribution in [3.05, 3.63) is 40.3 Å². The van der Waals surface area contributed by atoms with Crippen LogP contribution in [0.25, 0.3) is 22.4 Å². The van der Waals surface area contributed by atoms with E-state index in [0.717, 1.165) is 37.0 Å². The Bertz CT molecular complexity index is 1330. The Labute approximate surface area is 235 Å². The molecule has 1 saturated carbocycles. The third kappa shape index (κ3) is 8.29. The monoisotopic (exact) mass is 583 g/mol. The zero-order chi connectivity index (χ0) is 29.6. The van der Waals surface area contributed by atoms with Gasteiger partial charge in [-0.15, -0.1) is 0 Å². The lowest BCUT2D eigenvalue weighted by Gasteiger charge is -2.27.